The van der Waals surface area contributed by atoms with Gasteiger partial charge in [0, 0.05) is 10.6 Å². The number of sulfone groups is 1. The molecule has 1 aromatic heterocycles. The SMILES string of the molecule is O=C(O)c1cccc(-n2nnc(S(=O)(=O)c3ccc(F)cc3)c2-c2ccc(Cl)cc2)c1. The highest BCUT2D eigenvalue weighted by Gasteiger charge is 2.29. The molecule has 0 unspecified atom stereocenters. The summed E-state index contributed by atoms with van der Waals surface area (Å²) < 4.78 is 41.1. The molecule has 4 aromatic rings. The maximum atomic E-state index is 13.3. The number of aromatic nitrogens is 3. The smallest absolute Gasteiger partial charge is 0.335 e. The Bertz CT molecular complexity index is 1390. The fourth-order valence-electron chi connectivity index (χ4n) is 2.98. The summed E-state index contributed by atoms with van der Waals surface area (Å²) in [6.07, 6.45) is 0. The van der Waals surface area contributed by atoms with Crippen LogP contribution >= 0.6 is 11.6 Å². The summed E-state index contributed by atoms with van der Waals surface area (Å²) in [6.45, 7) is 0. The van der Waals surface area contributed by atoms with Crippen LogP contribution in [0.25, 0.3) is 16.9 Å². The first-order valence-corrected chi connectivity index (χ1v) is 10.7. The van der Waals surface area contributed by atoms with Gasteiger partial charge in [0.15, 0.2) is 0 Å². The Hall–Kier alpha value is -3.56. The van der Waals surface area contributed by atoms with E-state index in [0.717, 1.165) is 24.3 Å². The largest absolute Gasteiger partial charge is 0.478 e. The summed E-state index contributed by atoms with van der Waals surface area (Å²) in [5, 5.41) is 17.2. The summed E-state index contributed by atoms with van der Waals surface area (Å²) in [6, 6.07) is 16.6. The third-order valence-corrected chi connectivity index (χ3v) is 6.40. The van der Waals surface area contributed by atoms with Crippen molar-refractivity contribution < 1.29 is 22.7 Å². The maximum Gasteiger partial charge on any atom is 0.335 e. The lowest BCUT2D eigenvalue weighted by Crippen LogP contribution is -2.06. The zero-order chi connectivity index (χ0) is 22.2. The average molecular weight is 458 g/mol. The van der Waals surface area contributed by atoms with E-state index in [1.807, 2.05) is 0 Å². The molecule has 1 N–H and O–H groups in total. The number of aromatic carboxylic acids is 1. The fraction of sp³-hybridized carbons (Fsp3) is 0. The molecular weight excluding hydrogens is 445 g/mol. The zero-order valence-corrected chi connectivity index (χ0v) is 17.2. The number of carbonyl (C=O) groups is 1. The van der Waals surface area contributed by atoms with Gasteiger partial charge in [-0.25, -0.2) is 22.3 Å². The molecule has 0 fully saturated rings. The van der Waals surface area contributed by atoms with E-state index in [2.05, 4.69) is 10.3 Å². The van der Waals surface area contributed by atoms with E-state index in [1.54, 1.807) is 30.3 Å². The van der Waals surface area contributed by atoms with E-state index in [-0.39, 0.29) is 21.2 Å². The molecule has 4 rings (SSSR count). The monoisotopic (exact) mass is 457 g/mol. The van der Waals surface area contributed by atoms with Crippen LogP contribution in [-0.2, 0) is 9.84 Å². The molecule has 0 amide bonds. The first kappa shape index (κ1) is 20.7. The molecule has 7 nitrogen and oxygen atoms in total. The van der Waals surface area contributed by atoms with Crippen LogP contribution in [0.2, 0.25) is 5.02 Å². The first-order chi connectivity index (χ1) is 14.8. The first-order valence-electron chi connectivity index (χ1n) is 8.83. The van der Waals surface area contributed by atoms with E-state index in [0.29, 0.717) is 16.3 Å². The van der Waals surface area contributed by atoms with Crippen molar-refractivity contribution >= 4 is 27.4 Å². The highest BCUT2D eigenvalue weighted by atomic mass is 35.5. The van der Waals surface area contributed by atoms with Crippen molar-refractivity contribution in [1.29, 1.82) is 0 Å². The van der Waals surface area contributed by atoms with Crippen molar-refractivity contribution in [2.75, 3.05) is 0 Å². The quantitative estimate of drug-likeness (QED) is 0.449. The molecule has 156 valence electrons. The predicted octanol–water partition coefficient (Wildman–Crippen LogP) is 4.26. The van der Waals surface area contributed by atoms with E-state index in [4.69, 9.17) is 11.6 Å². The Kier molecular flexibility index (Phi) is 5.30. The van der Waals surface area contributed by atoms with Crippen LogP contribution in [0, 0.1) is 5.82 Å². The number of nitrogens with zero attached hydrogens (tertiary/aromatic N) is 3. The van der Waals surface area contributed by atoms with Gasteiger partial charge in [-0.2, -0.15) is 0 Å². The van der Waals surface area contributed by atoms with Gasteiger partial charge in [0.1, 0.15) is 11.5 Å². The molecule has 0 aliphatic heterocycles. The number of benzene rings is 3. The van der Waals surface area contributed by atoms with Crippen LogP contribution in [0.4, 0.5) is 4.39 Å². The van der Waals surface area contributed by atoms with Gasteiger partial charge in [0.2, 0.25) is 14.9 Å². The molecule has 0 aliphatic rings. The van der Waals surface area contributed by atoms with Gasteiger partial charge < -0.3 is 5.11 Å². The van der Waals surface area contributed by atoms with Gasteiger partial charge in [-0.15, -0.1) is 5.10 Å². The number of hydrogen-bond donors (Lipinski definition) is 1. The molecular formula is C21H13ClFN3O4S. The molecule has 0 atom stereocenters. The number of rotatable bonds is 5. The lowest BCUT2D eigenvalue weighted by atomic mass is 10.1. The van der Waals surface area contributed by atoms with Crippen LogP contribution in [0.1, 0.15) is 10.4 Å². The van der Waals surface area contributed by atoms with Crippen LogP contribution < -0.4 is 0 Å². The topological polar surface area (TPSA) is 102 Å². The Morgan fingerprint density at radius 1 is 1.00 bits per heavy atom. The lowest BCUT2D eigenvalue weighted by Gasteiger charge is -2.10. The Morgan fingerprint density at radius 2 is 1.68 bits per heavy atom. The van der Waals surface area contributed by atoms with E-state index >= 15 is 0 Å². The molecule has 0 aliphatic carbocycles. The highest BCUT2D eigenvalue weighted by molar-refractivity contribution is 7.91. The normalized spacial score (nSPS) is 11.4. The maximum absolute atomic E-state index is 13.3. The molecule has 1 heterocycles. The molecule has 31 heavy (non-hydrogen) atoms. The molecule has 3 aromatic carbocycles. The third-order valence-electron chi connectivity index (χ3n) is 4.47. The van der Waals surface area contributed by atoms with Crippen LogP contribution in [0.15, 0.2) is 82.7 Å². The number of carboxylic acid groups (broad SMARTS) is 1. The standard InChI is InChI=1S/C21H13ClFN3O4S/c22-15-6-4-13(5-7-15)19-20(31(29,30)18-10-8-16(23)9-11-18)24-25-26(19)17-3-1-2-14(12-17)21(27)28/h1-12H,(H,27,28). The average Bonchev–Trinajstić information content (AvgIpc) is 3.21. The van der Waals surface area contributed by atoms with Crippen molar-refractivity contribution in [3.8, 4) is 16.9 Å². The van der Waals surface area contributed by atoms with Gasteiger partial charge >= 0.3 is 5.97 Å². The lowest BCUT2D eigenvalue weighted by molar-refractivity contribution is 0.0697. The second-order valence-corrected chi connectivity index (χ2v) is 8.78. The summed E-state index contributed by atoms with van der Waals surface area (Å²) in [4.78, 5) is 11.2. The van der Waals surface area contributed by atoms with E-state index in [1.165, 1.54) is 22.9 Å². The van der Waals surface area contributed by atoms with Crippen molar-refractivity contribution in [1.82, 2.24) is 15.0 Å². The fourth-order valence-corrected chi connectivity index (χ4v) is 4.43. The highest BCUT2D eigenvalue weighted by Crippen LogP contribution is 2.32. The minimum absolute atomic E-state index is 0.00185. The van der Waals surface area contributed by atoms with Crippen LogP contribution in [0.5, 0.6) is 0 Å². The molecule has 0 bridgehead atoms. The Morgan fingerprint density at radius 3 is 2.32 bits per heavy atom. The van der Waals surface area contributed by atoms with Crippen LogP contribution in [0.3, 0.4) is 0 Å². The number of hydrogen-bond acceptors (Lipinski definition) is 5. The third kappa shape index (κ3) is 3.92. The summed E-state index contributed by atoms with van der Waals surface area (Å²) >= 11 is 5.97. The molecule has 0 spiro atoms. The van der Waals surface area contributed by atoms with Gasteiger partial charge in [-0.3, -0.25) is 0 Å². The zero-order valence-electron chi connectivity index (χ0n) is 15.6. The van der Waals surface area contributed by atoms with Gasteiger partial charge in [-0.1, -0.05) is 35.0 Å². The van der Waals surface area contributed by atoms with Crippen molar-refractivity contribution in [3.63, 3.8) is 0 Å². The predicted molar refractivity (Wildman–Crippen MR) is 111 cm³/mol. The van der Waals surface area contributed by atoms with E-state index in [9.17, 15) is 22.7 Å². The second-order valence-electron chi connectivity index (χ2n) is 6.47. The number of carboxylic acids is 1. The second kappa shape index (κ2) is 7.93. The number of halogens is 2. The summed E-state index contributed by atoms with van der Waals surface area (Å²) in [5.74, 6) is -1.72. The van der Waals surface area contributed by atoms with Crippen molar-refractivity contribution in [2.45, 2.75) is 9.92 Å². The summed E-state index contributed by atoms with van der Waals surface area (Å²) in [5.41, 5.74) is 0.857. The molecule has 0 radical (unpaired) electrons. The molecule has 10 heteroatoms. The minimum atomic E-state index is -4.17. The molecule has 0 saturated heterocycles. The minimum Gasteiger partial charge on any atom is -0.478 e. The van der Waals surface area contributed by atoms with E-state index < -0.39 is 21.6 Å². The Labute approximate surface area is 181 Å². The van der Waals surface area contributed by atoms with Gasteiger partial charge in [0.25, 0.3) is 0 Å². The van der Waals surface area contributed by atoms with Crippen LogP contribution in [-0.4, -0.2) is 34.5 Å². The Balaban J connectivity index is 1.97. The molecule has 0 saturated carbocycles. The van der Waals surface area contributed by atoms with Crippen molar-refractivity contribution in [2.24, 2.45) is 0 Å². The van der Waals surface area contributed by atoms with Gasteiger partial charge in [-0.05, 0) is 54.6 Å². The van der Waals surface area contributed by atoms with Gasteiger partial charge in [0.05, 0.1) is 16.1 Å². The van der Waals surface area contributed by atoms with Crippen molar-refractivity contribution in [3.05, 3.63) is 89.2 Å². The summed E-state index contributed by atoms with van der Waals surface area (Å²) in [7, 11) is -4.17.